The van der Waals surface area contributed by atoms with E-state index in [4.69, 9.17) is 14.8 Å². The van der Waals surface area contributed by atoms with E-state index in [9.17, 15) is 0 Å². The standard InChI is InChI=1S/C25H38N2O4S/c1-17-15-18-16-20(29-32-31-30-26)6-7-21(18)22-9-11-25(2)19(5-8-23(25)24(17)22)10-13-28-14-12-27(3)4/h6-7,10,16-17,22-24H,5,8-9,11-15,26H2,1-4H3/b19-10+. The van der Waals surface area contributed by atoms with Crippen LogP contribution in [0.2, 0.25) is 0 Å². The third-order valence-corrected chi connectivity index (χ3v) is 8.62. The molecule has 0 aliphatic heterocycles. The number of benzene rings is 1. The number of allylic oxidation sites excluding steroid dienone is 1. The van der Waals surface area contributed by atoms with E-state index in [2.05, 4.69) is 60.4 Å². The van der Waals surface area contributed by atoms with Crippen molar-refractivity contribution in [2.75, 3.05) is 33.9 Å². The number of ether oxygens (including phenoxy) is 1. The highest BCUT2D eigenvalue weighted by atomic mass is 32.2. The molecule has 2 saturated carbocycles. The Balaban J connectivity index is 1.46. The normalized spacial score (nSPS) is 32.6. The van der Waals surface area contributed by atoms with Crippen molar-refractivity contribution in [3.05, 3.63) is 41.0 Å². The van der Waals surface area contributed by atoms with Gasteiger partial charge in [-0.25, -0.2) is 0 Å². The molecule has 3 aliphatic carbocycles. The van der Waals surface area contributed by atoms with E-state index in [0.717, 1.165) is 56.1 Å². The first-order chi connectivity index (χ1) is 15.4. The summed E-state index contributed by atoms with van der Waals surface area (Å²) in [5.41, 5.74) is 4.91. The Labute approximate surface area is 197 Å². The molecule has 0 saturated heterocycles. The van der Waals surface area contributed by atoms with Crippen LogP contribution in [-0.2, 0) is 20.5 Å². The van der Waals surface area contributed by atoms with Crippen molar-refractivity contribution in [2.24, 2.45) is 29.1 Å². The number of fused-ring (bicyclic) bond motifs is 5. The first-order valence-corrected chi connectivity index (χ1v) is 12.5. The summed E-state index contributed by atoms with van der Waals surface area (Å²) in [6.45, 7) is 7.50. The Morgan fingerprint density at radius 1 is 1.28 bits per heavy atom. The van der Waals surface area contributed by atoms with Gasteiger partial charge in [-0.05, 0) is 98.5 Å². The molecule has 178 valence electrons. The molecule has 5 atom stereocenters. The monoisotopic (exact) mass is 462 g/mol. The first kappa shape index (κ1) is 24.0. The molecular formula is C25H38N2O4S. The quantitative estimate of drug-likeness (QED) is 0.181. The zero-order valence-corrected chi connectivity index (χ0v) is 20.7. The van der Waals surface area contributed by atoms with Crippen LogP contribution in [0.5, 0.6) is 5.75 Å². The topological polar surface area (TPSA) is 66.2 Å². The van der Waals surface area contributed by atoms with Gasteiger partial charge in [-0.15, -0.1) is 9.32 Å². The molecule has 2 fully saturated rings. The van der Waals surface area contributed by atoms with Gasteiger partial charge in [0.05, 0.1) is 13.2 Å². The highest BCUT2D eigenvalue weighted by molar-refractivity contribution is 7.90. The van der Waals surface area contributed by atoms with Crippen LogP contribution in [0, 0.1) is 23.2 Å². The summed E-state index contributed by atoms with van der Waals surface area (Å²) in [6, 6.07) is 6.47. The van der Waals surface area contributed by atoms with Gasteiger partial charge in [0.2, 0.25) is 0 Å². The summed E-state index contributed by atoms with van der Waals surface area (Å²) in [4.78, 5) is 6.26. The van der Waals surface area contributed by atoms with Gasteiger partial charge in [-0.2, -0.15) is 5.90 Å². The van der Waals surface area contributed by atoms with Gasteiger partial charge in [0.15, 0.2) is 0 Å². The van der Waals surface area contributed by atoms with Crippen molar-refractivity contribution < 1.29 is 18.2 Å². The Bertz CT molecular complexity index is 817. The van der Waals surface area contributed by atoms with E-state index in [1.54, 1.807) is 5.57 Å². The molecule has 0 aromatic heterocycles. The molecule has 4 rings (SSSR count). The molecule has 0 radical (unpaired) electrons. The molecule has 7 heteroatoms. The smallest absolute Gasteiger partial charge is 0.260 e. The van der Waals surface area contributed by atoms with Crippen molar-refractivity contribution in [3.63, 3.8) is 0 Å². The first-order valence-electron chi connectivity index (χ1n) is 11.9. The van der Waals surface area contributed by atoms with E-state index in [-0.39, 0.29) is 0 Å². The van der Waals surface area contributed by atoms with Crippen LogP contribution >= 0.6 is 12.3 Å². The minimum absolute atomic E-state index is 0.330. The fourth-order valence-electron chi connectivity index (χ4n) is 6.75. The van der Waals surface area contributed by atoms with Gasteiger partial charge >= 0.3 is 0 Å². The molecule has 0 heterocycles. The molecule has 32 heavy (non-hydrogen) atoms. The predicted molar refractivity (Wildman–Crippen MR) is 128 cm³/mol. The maximum atomic E-state index is 5.90. The maximum absolute atomic E-state index is 5.90. The zero-order chi connectivity index (χ0) is 22.7. The molecule has 6 nitrogen and oxygen atoms in total. The van der Waals surface area contributed by atoms with Gasteiger partial charge in [0.1, 0.15) is 5.75 Å². The van der Waals surface area contributed by atoms with Crippen LogP contribution in [0.15, 0.2) is 29.8 Å². The lowest BCUT2D eigenvalue weighted by atomic mass is 9.52. The Hall–Kier alpha value is -1.09. The third kappa shape index (κ3) is 4.88. The van der Waals surface area contributed by atoms with Gasteiger partial charge in [-0.3, -0.25) is 0 Å². The molecule has 5 unspecified atom stereocenters. The fourth-order valence-corrected chi connectivity index (χ4v) is 6.99. The summed E-state index contributed by atoms with van der Waals surface area (Å²) in [5.74, 6) is 8.47. The van der Waals surface area contributed by atoms with Crippen LogP contribution < -0.4 is 10.1 Å². The number of rotatable bonds is 9. The van der Waals surface area contributed by atoms with E-state index < -0.39 is 0 Å². The van der Waals surface area contributed by atoms with Crippen LogP contribution in [0.4, 0.5) is 0 Å². The summed E-state index contributed by atoms with van der Waals surface area (Å²) in [7, 11) is 4.18. The minimum Gasteiger partial charge on any atom is -0.399 e. The van der Waals surface area contributed by atoms with E-state index in [0.29, 0.717) is 17.3 Å². The Morgan fingerprint density at radius 3 is 2.91 bits per heavy atom. The summed E-state index contributed by atoms with van der Waals surface area (Å²) < 4.78 is 16.0. The largest absolute Gasteiger partial charge is 0.399 e. The van der Waals surface area contributed by atoms with Crippen LogP contribution in [0.1, 0.15) is 56.6 Å². The summed E-state index contributed by atoms with van der Waals surface area (Å²) in [5, 5.41) is 0. The fraction of sp³-hybridized carbons (Fsp3) is 0.680. The number of nitrogens with zero attached hydrogens (tertiary/aromatic N) is 1. The van der Waals surface area contributed by atoms with Crippen LogP contribution in [0.3, 0.4) is 0 Å². The van der Waals surface area contributed by atoms with E-state index in [1.807, 2.05) is 6.07 Å². The van der Waals surface area contributed by atoms with Crippen LogP contribution in [0.25, 0.3) is 0 Å². The molecule has 0 bridgehead atoms. The molecular weight excluding hydrogens is 424 g/mol. The predicted octanol–water partition coefficient (Wildman–Crippen LogP) is 5.06. The van der Waals surface area contributed by atoms with Gasteiger partial charge in [-0.1, -0.05) is 31.6 Å². The SMILES string of the molecule is CC1Cc2cc(OSOON)ccc2C2CCC3(C)/C(=C/COCCN(C)C)CCC3C12. The van der Waals surface area contributed by atoms with E-state index in [1.165, 1.54) is 36.8 Å². The summed E-state index contributed by atoms with van der Waals surface area (Å²) in [6.07, 6.45) is 8.58. The second-order valence-corrected chi connectivity index (χ2v) is 10.7. The number of nitrogens with two attached hydrogens (primary N) is 1. The lowest BCUT2D eigenvalue weighted by Crippen LogP contribution is -2.43. The number of hydrogen-bond donors (Lipinski definition) is 1. The average molecular weight is 463 g/mol. The second kappa shape index (κ2) is 10.5. The zero-order valence-electron chi connectivity index (χ0n) is 19.8. The van der Waals surface area contributed by atoms with Crippen molar-refractivity contribution in [3.8, 4) is 5.75 Å². The maximum Gasteiger partial charge on any atom is 0.260 e. The van der Waals surface area contributed by atoms with Crippen molar-refractivity contribution in [2.45, 2.75) is 51.9 Å². The number of likely N-dealkylation sites (N-methyl/N-ethyl adjacent to an activating group) is 1. The van der Waals surface area contributed by atoms with Crippen molar-refractivity contribution in [1.29, 1.82) is 0 Å². The third-order valence-electron chi connectivity index (χ3n) is 8.22. The van der Waals surface area contributed by atoms with Crippen molar-refractivity contribution >= 4 is 12.3 Å². The number of hydrogen-bond acceptors (Lipinski definition) is 7. The average Bonchev–Trinajstić information content (AvgIpc) is 3.09. The van der Waals surface area contributed by atoms with Crippen molar-refractivity contribution in [1.82, 2.24) is 4.90 Å². The van der Waals surface area contributed by atoms with E-state index >= 15 is 0 Å². The molecule has 3 aliphatic rings. The minimum atomic E-state index is 0.330. The Morgan fingerprint density at radius 2 is 2.12 bits per heavy atom. The second-order valence-electron chi connectivity index (χ2n) is 10.3. The van der Waals surface area contributed by atoms with Crippen LogP contribution in [-0.4, -0.2) is 38.8 Å². The molecule has 0 spiro atoms. The molecule has 1 aromatic carbocycles. The molecule has 0 amide bonds. The highest BCUT2D eigenvalue weighted by Crippen LogP contribution is 2.63. The van der Waals surface area contributed by atoms with Gasteiger partial charge in [0, 0.05) is 6.54 Å². The lowest BCUT2D eigenvalue weighted by Gasteiger charge is -2.52. The van der Waals surface area contributed by atoms with Gasteiger partial charge < -0.3 is 13.8 Å². The highest BCUT2D eigenvalue weighted by Gasteiger charge is 2.54. The summed E-state index contributed by atoms with van der Waals surface area (Å²) >= 11 is 0.737. The molecule has 2 N–H and O–H groups in total. The molecule has 1 aromatic rings. The Kier molecular flexibility index (Phi) is 7.85. The lowest BCUT2D eigenvalue weighted by molar-refractivity contribution is -0.199. The van der Waals surface area contributed by atoms with Gasteiger partial charge in [0.25, 0.3) is 12.3 Å².